The van der Waals surface area contributed by atoms with Gasteiger partial charge in [-0.3, -0.25) is 18.8 Å². The largest absolute Gasteiger partial charge is 0.358 e. The van der Waals surface area contributed by atoms with E-state index in [4.69, 9.17) is 0 Å². The van der Waals surface area contributed by atoms with Crippen LogP contribution in [-0.2, 0) is 17.8 Å². The number of likely N-dealkylation sites (N-methyl/N-ethyl adjacent to an activating group) is 1. The summed E-state index contributed by atoms with van der Waals surface area (Å²) in [6.07, 6.45) is 7.06. The lowest BCUT2D eigenvalue weighted by Crippen LogP contribution is -2.39. The molecule has 1 fully saturated rings. The second-order valence-electron chi connectivity index (χ2n) is 9.93. The van der Waals surface area contributed by atoms with E-state index < -0.39 is 0 Å². The smallest absolute Gasteiger partial charge is 0.329 e. The van der Waals surface area contributed by atoms with Gasteiger partial charge in [0.15, 0.2) is 0 Å². The van der Waals surface area contributed by atoms with Crippen LogP contribution in [0.25, 0.3) is 11.0 Å². The summed E-state index contributed by atoms with van der Waals surface area (Å²) < 4.78 is 3.57. The second-order valence-corrected chi connectivity index (χ2v) is 9.93. The maximum atomic E-state index is 13.4. The SMILES string of the molecule is CNC(=O)Cn1c(=O)n(C2CCN(C3CC4CCCc5cccc3c54)CC2)c2ccccc21. The van der Waals surface area contributed by atoms with Crippen LogP contribution in [0.4, 0.5) is 0 Å². The third kappa shape index (κ3) is 3.34. The Balaban J connectivity index is 1.26. The number of benzene rings is 2. The lowest BCUT2D eigenvalue weighted by molar-refractivity contribution is -0.121. The standard InChI is InChI=1S/C27H32N4O2/c1-28-25(32)17-30-22-10-2-3-11-23(22)31(27(30)33)20-12-14-29(15-13-20)24-16-19-8-4-6-18-7-5-9-21(24)26(18)19/h2-3,5,7,9-11,19-20,24H,4,6,8,12-17H2,1H3,(H,28,32). The van der Waals surface area contributed by atoms with E-state index in [9.17, 15) is 9.59 Å². The molecule has 3 aromatic rings. The molecule has 1 saturated heterocycles. The van der Waals surface area contributed by atoms with Gasteiger partial charge in [-0.15, -0.1) is 0 Å². The zero-order chi connectivity index (χ0) is 22.5. The van der Waals surface area contributed by atoms with Crippen LogP contribution in [0, 0.1) is 0 Å². The maximum absolute atomic E-state index is 13.4. The van der Waals surface area contributed by atoms with Gasteiger partial charge >= 0.3 is 5.69 Å². The number of rotatable bonds is 4. The number of hydrogen-bond acceptors (Lipinski definition) is 3. The number of carbonyl (C=O) groups is 1. The number of nitrogens with zero attached hydrogens (tertiary/aromatic N) is 3. The van der Waals surface area contributed by atoms with Gasteiger partial charge in [0.05, 0.1) is 11.0 Å². The first-order chi connectivity index (χ1) is 16.2. The molecule has 6 rings (SSSR count). The van der Waals surface area contributed by atoms with Gasteiger partial charge in [0.1, 0.15) is 6.54 Å². The van der Waals surface area contributed by atoms with Crippen LogP contribution < -0.4 is 11.0 Å². The third-order valence-corrected chi connectivity index (χ3v) is 8.26. The van der Waals surface area contributed by atoms with E-state index in [1.54, 1.807) is 28.3 Å². The molecule has 172 valence electrons. The first kappa shape index (κ1) is 20.7. The number of nitrogens with one attached hydrogen (secondary N) is 1. The first-order valence-corrected chi connectivity index (χ1v) is 12.4. The summed E-state index contributed by atoms with van der Waals surface area (Å²) in [6, 6.07) is 15.5. The molecular weight excluding hydrogens is 412 g/mol. The fraction of sp³-hybridized carbons (Fsp3) is 0.481. The predicted molar refractivity (Wildman–Crippen MR) is 130 cm³/mol. The van der Waals surface area contributed by atoms with Crippen molar-refractivity contribution in [2.45, 2.75) is 63.1 Å². The molecule has 6 heteroatoms. The molecule has 2 atom stereocenters. The summed E-state index contributed by atoms with van der Waals surface area (Å²) in [6.45, 7) is 2.07. The van der Waals surface area contributed by atoms with Crippen LogP contribution in [0.1, 0.15) is 66.8 Å². The maximum Gasteiger partial charge on any atom is 0.329 e. The number of aromatic nitrogens is 2. The number of fused-ring (bicyclic) bond motifs is 1. The number of imidazole rings is 1. The summed E-state index contributed by atoms with van der Waals surface area (Å²) in [5.74, 6) is 0.582. The molecule has 0 radical (unpaired) electrons. The molecule has 2 unspecified atom stereocenters. The van der Waals surface area contributed by atoms with E-state index in [1.165, 1.54) is 25.7 Å². The lowest BCUT2D eigenvalue weighted by atomic mass is 9.84. The molecule has 6 nitrogen and oxygen atoms in total. The Bertz CT molecular complexity index is 1260. The van der Waals surface area contributed by atoms with Gasteiger partial charge in [-0.25, -0.2) is 4.79 Å². The Hall–Kier alpha value is -2.86. The van der Waals surface area contributed by atoms with Gasteiger partial charge in [-0.05, 0) is 73.3 Å². The topological polar surface area (TPSA) is 59.3 Å². The number of amides is 1. The highest BCUT2D eigenvalue weighted by atomic mass is 16.2. The summed E-state index contributed by atoms with van der Waals surface area (Å²) in [7, 11) is 1.61. The summed E-state index contributed by atoms with van der Waals surface area (Å²) in [4.78, 5) is 28.1. The van der Waals surface area contributed by atoms with Crippen molar-refractivity contribution in [3.05, 3.63) is 69.6 Å². The van der Waals surface area contributed by atoms with Crippen LogP contribution in [-0.4, -0.2) is 40.1 Å². The molecule has 0 bridgehead atoms. The summed E-state index contributed by atoms with van der Waals surface area (Å²) in [5.41, 5.74) is 6.51. The lowest BCUT2D eigenvalue weighted by Gasteiger charge is -2.37. The van der Waals surface area contributed by atoms with Crippen molar-refractivity contribution in [3.63, 3.8) is 0 Å². The van der Waals surface area contributed by atoms with Crippen LogP contribution in [0.2, 0.25) is 0 Å². The Labute approximate surface area is 194 Å². The molecule has 3 aliphatic rings. The minimum Gasteiger partial charge on any atom is -0.358 e. The van der Waals surface area contributed by atoms with Gasteiger partial charge in [0.25, 0.3) is 0 Å². The van der Waals surface area contributed by atoms with E-state index >= 15 is 0 Å². The average molecular weight is 445 g/mol. The van der Waals surface area contributed by atoms with Crippen molar-refractivity contribution >= 4 is 16.9 Å². The van der Waals surface area contributed by atoms with Crippen molar-refractivity contribution < 1.29 is 4.79 Å². The molecule has 1 N–H and O–H groups in total. The number of hydrogen-bond donors (Lipinski definition) is 1. The van der Waals surface area contributed by atoms with Gasteiger partial charge in [-0.2, -0.15) is 0 Å². The minimum atomic E-state index is -0.152. The van der Waals surface area contributed by atoms with E-state index in [2.05, 4.69) is 28.4 Å². The number of para-hydroxylation sites is 2. The number of aryl methyl sites for hydroxylation is 1. The fourth-order valence-electron chi connectivity index (χ4n) is 6.72. The molecule has 2 aromatic carbocycles. The van der Waals surface area contributed by atoms with E-state index in [0.717, 1.165) is 42.9 Å². The van der Waals surface area contributed by atoms with Gasteiger partial charge < -0.3 is 5.32 Å². The zero-order valence-corrected chi connectivity index (χ0v) is 19.3. The number of likely N-dealkylation sites (tertiary alicyclic amines) is 1. The fourth-order valence-corrected chi connectivity index (χ4v) is 6.72. The highest BCUT2D eigenvalue weighted by molar-refractivity contribution is 5.80. The van der Waals surface area contributed by atoms with Crippen molar-refractivity contribution in [3.8, 4) is 0 Å². The summed E-state index contributed by atoms with van der Waals surface area (Å²) in [5, 5.41) is 2.64. The molecule has 0 saturated carbocycles. The summed E-state index contributed by atoms with van der Waals surface area (Å²) >= 11 is 0. The van der Waals surface area contributed by atoms with E-state index in [0.29, 0.717) is 6.04 Å². The Morgan fingerprint density at radius 1 is 1.03 bits per heavy atom. The molecular formula is C27H32N4O2. The molecule has 2 heterocycles. The zero-order valence-electron chi connectivity index (χ0n) is 19.3. The average Bonchev–Trinajstić information content (AvgIpc) is 3.36. The van der Waals surface area contributed by atoms with Crippen LogP contribution >= 0.6 is 0 Å². The van der Waals surface area contributed by atoms with Gasteiger partial charge in [0.2, 0.25) is 5.91 Å². The monoisotopic (exact) mass is 444 g/mol. The van der Waals surface area contributed by atoms with Crippen LogP contribution in [0.3, 0.4) is 0 Å². The predicted octanol–water partition coefficient (Wildman–Crippen LogP) is 3.75. The van der Waals surface area contributed by atoms with Crippen LogP contribution in [0.15, 0.2) is 47.3 Å². The van der Waals surface area contributed by atoms with Crippen LogP contribution in [0.5, 0.6) is 0 Å². The highest BCUT2D eigenvalue weighted by Gasteiger charge is 2.38. The first-order valence-electron chi connectivity index (χ1n) is 12.4. The molecule has 33 heavy (non-hydrogen) atoms. The van der Waals surface area contributed by atoms with Crippen molar-refractivity contribution in [2.75, 3.05) is 20.1 Å². The molecule has 1 aliphatic heterocycles. The minimum absolute atomic E-state index is 0.0598. The van der Waals surface area contributed by atoms with Crippen molar-refractivity contribution in [2.24, 2.45) is 0 Å². The number of piperidine rings is 1. The molecule has 1 amide bonds. The van der Waals surface area contributed by atoms with E-state index in [-0.39, 0.29) is 24.2 Å². The second kappa shape index (κ2) is 8.17. The highest BCUT2D eigenvalue weighted by Crippen LogP contribution is 2.50. The quantitative estimate of drug-likeness (QED) is 0.667. The Morgan fingerprint density at radius 2 is 1.82 bits per heavy atom. The normalized spacial score (nSPS) is 23.1. The van der Waals surface area contributed by atoms with E-state index in [1.807, 2.05) is 28.8 Å². The molecule has 1 aromatic heterocycles. The Morgan fingerprint density at radius 3 is 2.61 bits per heavy atom. The molecule has 2 aliphatic carbocycles. The van der Waals surface area contributed by atoms with Crippen molar-refractivity contribution in [1.29, 1.82) is 0 Å². The molecule has 0 spiro atoms. The third-order valence-electron chi connectivity index (χ3n) is 8.26. The van der Waals surface area contributed by atoms with Crippen molar-refractivity contribution in [1.82, 2.24) is 19.4 Å². The number of carbonyl (C=O) groups excluding carboxylic acids is 1. The van der Waals surface area contributed by atoms with Gasteiger partial charge in [0, 0.05) is 32.2 Å². The van der Waals surface area contributed by atoms with Gasteiger partial charge in [-0.1, -0.05) is 30.3 Å². The Kier molecular flexibility index (Phi) is 5.13.